The second-order valence-electron chi connectivity index (χ2n) is 4.82. The maximum absolute atomic E-state index is 12.1. The highest BCUT2D eigenvalue weighted by Crippen LogP contribution is 2.25. The Morgan fingerprint density at radius 1 is 1.45 bits per heavy atom. The van der Waals surface area contributed by atoms with Gasteiger partial charge in [0.25, 0.3) is 5.91 Å². The molecule has 6 heteroatoms. The molecule has 1 amide bonds. The van der Waals surface area contributed by atoms with Crippen molar-refractivity contribution >= 4 is 21.8 Å². The molecule has 0 radical (unpaired) electrons. The fraction of sp³-hybridized carbons (Fsp3) is 0.286. The van der Waals surface area contributed by atoms with E-state index in [0.717, 1.165) is 17.3 Å². The second-order valence-corrected chi connectivity index (χ2v) is 5.74. The Bertz CT molecular complexity index is 654. The van der Waals surface area contributed by atoms with E-state index in [9.17, 15) is 4.79 Å². The summed E-state index contributed by atoms with van der Waals surface area (Å²) in [5.41, 5.74) is 8.24. The second kappa shape index (κ2) is 5.38. The van der Waals surface area contributed by atoms with Crippen LogP contribution in [0.4, 0.5) is 0 Å². The molecule has 1 aromatic heterocycles. The highest BCUT2D eigenvalue weighted by Gasteiger charge is 2.24. The summed E-state index contributed by atoms with van der Waals surface area (Å²) >= 11 is 3.46. The van der Waals surface area contributed by atoms with Crippen molar-refractivity contribution in [3.05, 3.63) is 51.6 Å². The molecule has 0 bridgehead atoms. The van der Waals surface area contributed by atoms with Crippen LogP contribution in [0, 0.1) is 0 Å². The smallest absolute Gasteiger partial charge is 0.273 e. The minimum atomic E-state index is -0.217. The summed E-state index contributed by atoms with van der Waals surface area (Å²) in [6.45, 7) is 0.191. The zero-order chi connectivity index (χ0) is 14.1. The maximum atomic E-state index is 12.1. The predicted octanol–water partition coefficient (Wildman–Crippen LogP) is 1.79. The van der Waals surface area contributed by atoms with Crippen LogP contribution >= 0.6 is 15.9 Å². The van der Waals surface area contributed by atoms with Gasteiger partial charge >= 0.3 is 0 Å². The highest BCUT2D eigenvalue weighted by molar-refractivity contribution is 9.10. The molecule has 20 heavy (non-hydrogen) atoms. The number of oxazole rings is 1. The van der Waals surface area contributed by atoms with Gasteiger partial charge in [-0.1, -0.05) is 22.0 Å². The average molecular weight is 336 g/mol. The van der Waals surface area contributed by atoms with Gasteiger partial charge in [-0.15, -0.1) is 0 Å². The third-order valence-corrected chi connectivity index (χ3v) is 3.89. The zero-order valence-corrected chi connectivity index (χ0v) is 12.3. The first-order valence-corrected chi connectivity index (χ1v) is 7.17. The van der Waals surface area contributed by atoms with Crippen LogP contribution in [0.2, 0.25) is 0 Å². The molecule has 104 valence electrons. The van der Waals surface area contributed by atoms with Crippen molar-refractivity contribution in [2.45, 2.75) is 25.4 Å². The van der Waals surface area contributed by atoms with Crippen molar-refractivity contribution in [1.82, 2.24) is 10.3 Å². The Hall–Kier alpha value is -1.66. The summed E-state index contributed by atoms with van der Waals surface area (Å²) in [6.07, 6.45) is 3.02. The van der Waals surface area contributed by atoms with E-state index in [1.165, 1.54) is 17.4 Å². The summed E-state index contributed by atoms with van der Waals surface area (Å²) in [5, 5.41) is 2.98. The number of hydrogen-bond acceptors (Lipinski definition) is 4. The number of fused-ring (bicyclic) bond motifs is 1. The van der Waals surface area contributed by atoms with Gasteiger partial charge in [-0.2, -0.15) is 0 Å². The van der Waals surface area contributed by atoms with Crippen molar-refractivity contribution in [2.24, 2.45) is 5.73 Å². The summed E-state index contributed by atoms with van der Waals surface area (Å²) in [5.74, 6) is 0.152. The van der Waals surface area contributed by atoms with E-state index in [1.807, 2.05) is 6.07 Å². The Morgan fingerprint density at radius 2 is 2.25 bits per heavy atom. The molecule has 1 unspecified atom stereocenters. The molecule has 3 N–H and O–H groups in total. The number of benzene rings is 1. The molecule has 0 fully saturated rings. The minimum Gasteiger partial charge on any atom is -0.447 e. The van der Waals surface area contributed by atoms with Crippen LogP contribution in [0.25, 0.3) is 0 Å². The topological polar surface area (TPSA) is 81.1 Å². The molecule has 1 aliphatic carbocycles. The van der Waals surface area contributed by atoms with Crippen LogP contribution < -0.4 is 11.1 Å². The summed E-state index contributed by atoms with van der Waals surface area (Å²) in [7, 11) is 0. The minimum absolute atomic E-state index is 0.102. The van der Waals surface area contributed by atoms with Crippen LogP contribution in [0.15, 0.2) is 33.4 Å². The number of nitrogens with one attached hydrogen (secondary N) is 1. The molecule has 5 nitrogen and oxygen atoms in total. The SMILES string of the molecule is NCc1nc(C(=O)NC2Cc3ccc(Br)cc3C2)co1. The molecule has 1 atom stereocenters. The molecule has 0 aliphatic heterocycles. The van der Waals surface area contributed by atoms with Gasteiger partial charge in [0, 0.05) is 10.5 Å². The van der Waals surface area contributed by atoms with Gasteiger partial charge in [-0.25, -0.2) is 4.98 Å². The molecule has 1 aliphatic rings. The van der Waals surface area contributed by atoms with E-state index in [4.69, 9.17) is 10.2 Å². The Kier molecular flexibility index (Phi) is 3.58. The number of halogens is 1. The van der Waals surface area contributed by atoms with Crippen molar-refractivity contribution in [3.63, 3.8) is 0 Å². The lowest BCUT2D eigenvalue weighted by Crippen LogP contribution is -2.35. The number of nitrogens with two attached hydrogens (primary N) is 1. The standard InChI is InChI=1S/C14H14BrN3O2/c15-10-2-1-8-4-11(5-9(8)3-10)17-14(19)12-7-20-13(6-16)18-12/h1-3,7,11H,4-6,16H2,(H,17,19). The number of nitrogens with zero attached hydrogens (tertiary/aromatic N) is 1. The van der Waals surface area contributed by atoms with Crippen molar-refractivity contribution < 1.29 is 9.21 Å². The van der Waals surface area contributed by atoms with Crippen LogP contribution in [0.3, 0.4) is 0 Å². The first kappa shape index (κ1) is 13.3. The van der Waals surface area contributed by atoms with Crippen molar-refractivity contribution in [3.8, 4) is 0 Å². The van der Waals surface area contributed by atoms with Crippen molar-refractivity contribution in [1.29, 1.82) is 0 Å². The lowest BCUT2D eigenvalue weighted by molar-refractivity contribution is 0.0933. The molecule has 3 rings (SSSR count). The van der Waals surface area contributed by atoms with E-state index in [2.05, 4.69) is 38.4 Å². The molecule has 2 aromatic rings. The normalized spacial score (nSPS) is 17.0. The van der Waals surface area contributed by atoms with Gasteiger partial charge in [0.1, 0.15) is 6.26 Å². The number of rotatable bonds is 3. The molecule has 0 saturated heterocycles. The number of aromatic nitrogens is 1. The summed E-state index contributed by atoms with van der Waals surface area (Å²) in [4.78, 5) is 16.1. The van der Waals surface area contributed by atoms with Gasteiger partial charge in [0.2, 0.25) is 5.89 Å². The molecular weight excluding hydrogens is 322 g/mol. The Balaban J connectivity index is 1.67. The number of hydrogen-bond donors (Lipinski definition) is 2. The van der Waals surface area contributed by atoms with Gasteiger partial charge in [-0.3, -0.25) is 4.79 Å². The van der Waals surface area contributed by atoms with E-state index < -0.39 is 0 Å². The van der Waals surface area contributed by atoms with E-state index in [0.29, 0.717) is 5.89 Å². The quantitative estimate of drug-likeness (QED) is 0.895. The van der Waals surface area contributed by atoms with Crippen LogP contribution in [-0.4, -0.2) is 16.9 Å². The number of carbonyl (C=O) groups is 1. The summed E-state index contributed by atoms with van der Waals surface area (Å²) < 4.78 is 6.14. The zero-order valence-electron chi connectivity index (χ0n) is 10.7. The van der Waals surface area contributed by atoms with E-state index >= 15 is 0 Å². The van der Waals surface area contributed by atoms with Crippen LogP contribution in [-0.2, 0) is 19.4 Å². The van der Waals surface area contributed by atoms with Crippen LogP contribution in [0.5, 0.6) is 0 Å². The Labute approximate surface area is 124 Å². The largest absolute Gasteiger partial charge is 0.447 e. The van der Waals surface area contributed by atoms with Gasteiger partial charge in [0.05, 0.1) is 6.54 Å². The predicted molar refractivity (Wildman–Crippen MR) is 77.2 cm³/mol. The molecule has 1 heterocycles. The van der Waals surface area contributed by atoms with Crippen LogP contribution in [0.1, 0.15) is 27.5 Å². The first-order valence-electron chi connectivity index (χ1n) is 6.38. The average Bonchev–Trinajstić information content (AvgIpc) is 3.03. The first-order chi connectivity index (χ1) is 9.65. The summed E-state index contributed by atoms with van der Waals surface area (Å²) in [6, 6.07) is 6.32. The highest BCUT2D eigenvalue weighted by atomic mass is 79.9. The van der Waals surface area contributed by atoms with Gasteiger partial charge in [0.15, 0.2) is 5.69 Å². The molecule has 0 saturated carbocycles. The molecular formula is C14H14BrN3O2. The van der Waals surface area contributed by atoms with Gasteiger partial charge < -0.3 is 15.5 Å². The van der Waals surface area contributed by atoms with E-state index in [-0.39, 0.29) is 24.2 Å². The lowest BCUT2D eigenvalue weighted by atomic mass is 10.1. The number of amides is 1. The van der Waals surface area contributed by atoms with E-state index in [1.54, 1.807) is 0 Å². The maximum Gasteiger partial charge on any atom is 0.273 e. The monoisotopic (exact) mass is 335 g/mol. The van der Waals surface area contributed by atoms with Gasteiger partial charge in [-0.05, 0) is 36.1 Å². The third kappa shape index (κ3) is 2.62. The number of carbonyl (C=O) groups excluding carboxylic acids is 1. The Morgan fingerprint density at radius 3 is 3.00 bits per heavy atom. The lowest BCUT2D eigenvalue weighted by Gasteiger charge is -2.10. The third-order valence-electron chi connectivity index (χ3n) is 3.40. The van der Waals surface area contributed by atoms with Crippen molar-refractivity contribution in [2.75, 3.05) is 0 Å². The fourth-order valence-electron chi connectivity index (χ4n) is 2.46. The molecule has 0 spiro atoms. The molecule has 1 aromatic carbocycles. The fourth-order valence-corrected chi connectivity index (χ4v) is 2.87.